The van der Waals surface area contributed by atoms with Crippen molar-refractivity contribution in [3.63, 3.8) is 0 Å². The Balaban J connectivity index is 1.59. The van der Waals surface area contributed by atoms with Gasteiger partial charge in [0.1, 0.15) is 23.9 Å². The molecular formula is C21H22N2O3. The normalized spacial score (nSPS) is 11.2. The van der Waals surface area contributed by atoms with E-state index in [1.165, 1.54) is 6.08 Å². The monoisotopic (exact) mass is 350 g/mol. The van der Waals surface area contributed by atoms with Crippen LogP contribution in [0.1, 0.15) is 39.9 Å². The molecule has 26 heavy (non-hydrogen) atoms. The molecule has 134 valence electrons. The number of aryl methyl sites for hydroxylation is 3. The van der Waals surface area contributed by atoms with Crippen LogP contribution in [0, 0.1) is 13.8 Å². The van der Waals surface area contributed by atoms with E-state index in [4.69, 9.17) is 9.15 Å². The van der Waals surface area contributed by atoms with Crippen LogP contribution in [0.3, 0.4) is 0 Å². The van der Waals surface area contributed by atoms with Crippen molar-refractivity contribution in [1.29, 1.82) is 0 Å². The number of ether oxygens (including phenoxy) is 1. The van der Waals surface area contributed by atoms with E-state index in [0.29, 0.717) is 23.7 Å². The molecule has 2 heterocycles. The second-order valence-electron chi connectivity index (χ2n) is 6.20. The van der Waals surface area contributed by atoms with Crippen molar-refractivity contribution >= 4 is 11.9 Å². The zero-order valence-electron chi connectivity index (χ0n) is 15.2. The SMILES string of the molecule is CCn1cc(C(=O)/C=C/c2ccc(COc3cc(C)cc(C)c3)o2)cn1. The molecule has 0 fully saturated rings. The largest absolute Gasteiger partial charge is 0.486 e. The van der Waals surface area contributed by atoms with Gasteiger partial charge in [-0.1, -0.05) is 6.07 Å². The molecule has 2 aromatic heterocycles. The predicted octanol–water partition coefficient (Wildman–Crippen LogP) is 4.59. The van der Waals surface area contributed by atoms with Gasteiger partial charge in [0.05, 0.1) is 11.8 Å². The topological polar surface area (TPSA) is 57.3 Å². The number of hydrogen-bond acceptors (Lipinski definition) is 4. The molecule has 1 aromatic carbocycles. The van der Waals surface area contributed by atoms with Crippen LogP contribution in [-0.4, -0.2) is 15.6 Å². The Hall–Kier alpha value is -3.08. The Kier molecular flexibility index (Phi) is 5.37. The van der Waals surface area contributed by atoms with Gasteiger partial charge in [-0.3, -0.25) is 9.48 Å². The number of benzene rings is 1. The molecule has 0 saturated carbocycles. The fourth-order valence-electron chi connectivity index (χ4n) is 2.65. The second kappa shape index (κ2) is 7.87. The Morgan fingerprint density at radius 2 is 2.00 bits per heavy atom. The number of carbonyl (C=O) groups is 1. The minimum Gasteiger partial charge on any atom is -0.486 e. The molecule has 3 rings (SSSR count). The van der Waals surface area contributed by atoms with Crippen LogP contribution in [0.25, 0.3) is 6.08 Å². The highest BCUT2D eigenvalue weighted by Gasteiger charge is 2.06. The Morgan fingerprint density at radius 1 is 1.23 bits per heavy atom. The van der Waals surface area contributed by atoms with Crippen LogP contribution < -0.4 is 4.74 Å². The summed E-state index contributed by atoms with van der Waals surface area (Å²) in [5, 5.41) is 4.10. The molecule has 0 aliphatic rings. The maximum atomic E-state index is 12.1. The maximum Gasteiger partial charge on any atom is 0.189 e. The fourth-order valence-corrected chi connectivity index (χ4v) is 2.65. The van der Waals surface area contributed by atoms with Crippen molar-refractivity contribution in [3.05, 3.63) is 77.0 Å². The van der Waals surface area contributed by atoms with Crippen molar-refractivity contribution in [2.75, 3.05) is 0 Å². The summed E-state index contributed by atoms with van der Waals surface area (Å²) in [6.07, 6.45) is 6.45. The average Bonchev–Trinajstić information content (AvgIpc) is 3.26. The third kappa shape index (κ3) is 4.51. The van der Waals surface area contributed by atoms with Gasteiger partial charge in [-0.2, -0.15) is 5.10 Å². The lowest BCUT2D eigenvalue weighted by Gasteiger charge is -2.06. The summed E-state index contributed by atoms with van der Waals surface area (Å²) >= 11 is 0. The molecule has 0 spiro atoms. The third-order valence-electron chi connectivity index (χ3n) is 3.90. The summed E-state index contributed by atoms with van der Waals surface area (Å²) < 4.78 is 13.2. The third-order valence-corrected chi connectivity index (χ3v) is 3.90. The Morgan fingerprint density at radius 3 is 2.69 bits per heavy atom. The van der Waals surface area contributed by atoms with E-state index in [-0.39, 0.29) is 5.78 Å². The molecule has 0 saturated heterocycles. The lowest BCUT2D eigenvalue weighted by atomic mass is 10.1. The minimum absolute atomic E-state index is 0.103. The van der Waals surface area contributed by atoms with Crippen molar-refractivity contribution < 1.29 is 13.9 Å². The number of rotatable bonds is 7. The van der Waals surface area contributed by atoms with Gasteiger partial charge in [-0.05, 0) is 68.3 Å². The van der Waals surface area contributed by atoms with E-state index in [2.05, 4.69) is 11.2 Å². The van der Waals surface area contributed by atoms with E-state index in [9.17, 15) is 4.79 Å². The number of hydrogen-bond donors (Lipinski definition) is 0. The molecule has 0 aliphatic heterocycles. The molecule has 5 nitrogen and oxygen atoms in total. The number of aromatic nitrogens is 2. The quantitative estimate of drug-likeness (QED) is 0.462. The maximum absolute atomic E-state index is 12.1. The zero-order chi connectivity index (χ0) is 18.5. The fraction of sp³-hybridized carbons (Fsp3) is 0.238. The summed E-state index contributed by atoms with van der Waals surface area (Å²) in [6.45, 7) is 7.13. The Labute approximate surface area is 152 Å². The molecule has 5 heteroatoms. The summed E-state index contributed by atoms with van der Waals surface area (Å²) in [7, 11) is 0. The van der Waals surface area contributed by atoms with Crippen LogP contribution in [0.5, 0.6) is 5.75 Å². The van der Waals surface area contributed by atoms with Gasteiger partial charge in [0, 0.05) is 12.7 Å². The van der Waals surface area contributed by atoms with Gasteiger partial charge in [0.15, 0.2) is 5.78 Å². The number of ketones is 1. The molecule has 0 atom stereocenters. The van der Waals surface area contributed by atoms with E-state index < -0.39 is 0 Å². The zero-order valence-corrected chi connectivity index (χ0v) is 15.2. The molecule has 0 radical (unpaired) electrons. The number of nitrogens with zero attached hydrogens (tertiary/aromatic N) is 2. The van der Waals surface area contributed by atoms with Crippen LogP contribution in [0.2, 0.25) is 0 Å². The van der Waals surface area contributed by atoms with E-state index in [1.807, 2.05) is 45.0 Å². The molecular weight excluding hydrogens is 328 g/mol. The van der Waals surface area contributed by atoms with Gasteiger partial charge in [0.2, 0.25) is 0 Å². The number of furan rings is 1. The average molecular weight is 350 g/mol. The van der Waals surface area contributed by atoms with E-state index in [1.54, 1.807) is 23.2 Å². The number of allylic oxidation sites excluding steroid dienone is 1. The highest BCUT2D eigenvalue weighted by atomic mass is 16.5. The van der Waals surface area contributed by atoms with Gasteiger partial charge >= 0.3 is 0 Å². The van der Waals surface area contributed by atoms with E-state index in [0.717, 1.165) is 23.4 Å². The van der Waals surface area contributed by atoms with Crippen LogP contribution >= 0.6 is 0 Å². The van der Waals surface area contributed by atoms with Gasteiger partial charge in [-0.15, -0.1) is 0 Å². The highest BCUT2D eigenvalue weighted by Crippen LogP contribution is 2.19. The first-order valence-corrected chi connectivity index (χ1v) is 8.58. The lowest BCUT2D eigenvalue weighted by molar-refractivity contribution is 0.104. The smallest absolute Gasteiger partial charge is 0.189 e. The Bertz CT molecular complexity index is 914. The molecule has 3 aromatic rings. The first-order valence-electron chi connectivity index (χ1n) is 8.58. The van der Waals surface area contributed by atoms with Gasteiger partial charge < -0.3 is 9.15 Å². The van der Waals surface area contributed by atoms with Crippen molar-refractivity contribution in [3.8, 4) is 5.75 Å². The molecule has 0 amide bonds. The number of carbonyl (C=O) groups excluding carboxylic acids is 1. The molecule has 0 aliphatic carbocycles. The predicted molar refractivity (Wildman–Crippen MR) is 100 cm³/mol. The van der Waals surface area contributed by atoms with Crippen LogP contribution in [0.15, 0.2) is 53.2 Å². The standard InChI is InChI=1S/C21H22N2O3/c1-4-23-13-17(12-22-23)21(24)8-7-18-5-6-19(26-18)14-25-20-10-15(2)9-16(3)11-20/h5-13H,4,14H2,1-3H3/b8-7+. The van der Waals surface area contributed by atoms with Gasteiger partial charge in [0.25, 0.3) is 0 Å². The second-order valence-corrected chi connectivity index (χ2v) is 6.20. The van der Waals surface area contributed by atoms with Gasteiger partial charge in [-0.25, -0.2) is 0 Å². The van der Waals surface area contributed by atoms with Crippen molar-refractivity contribution in [1.82, 2.24) is 9.78 Å². The van der Waals surface area contributed by atoms with Crippen molar-refractivity contribution in [2.45, 2.75) is 33.9 Å². The summed E-state index contributed by atoms with van der Waals surface area (Å²) in [6, 6.07) is 9.75. The summed E-state index contributed by atoms with van der Waals surface area (Å²) in [4.78, 5) is 12.1. The van der Waals surface area contributed by atoms with Crippen LogP contribution in [-0.2, 0) is 13.2 Å². The molecule has 0 N–H and O–H groups in total. The first-order chi connectivity index (χ1) is 12.5. The summed E-state index contributed by atoms with van der Waals surface area (Å²) in [5.41, 5.74) is 2.88. The van der Waals surface area contributed by atoms with Crippen molar-refractivity contribution in [2.24, 2.45) is 0 Å². The molecule has 0 bridgehead atoms. The first kappa shape index (κ1) is 17.7. The lowest BCUT2D eigenvalue weighted by Crippen LogP contribution is -1.94. The van der Waals surface area contributed by atoms with E-state index >= 15 is 0 Å². The molecule has 0 unspecified atom stereocenters. The minimum atomic E-state index is -0.103. The van der Waals surface area contributed by atoms with Crippen LogP contribution in [0.4, 0.5) is 0 Å². The highest BCUT2D eigenvalue weighted by molar-refractivity contribution is 6.06. The summed E-state index contributed by atoms with van der Waals surface area (Å²) in [5.74, 6) is 2.03.